The van der Waals surface area contributed by atoms with Crippen LogP contribution >= 0.6 is 0 Å². The van der Waals surface area contributed by atoms with Crippen molar-refractivity contribution < 1.29 is 9.50 Å². The molecule has 19 heavy (non-hydrogen) atoms. The van der Waals surface area contributed by atoms with Crippen LogP contribution in [0.5, 0.6) is 0 Å². The fourth-order valence-electron chi connectivity index (χ4n) is 2.18. The third-order valence-electron chi connectivity index (χ3n) is 3.17. The van der Waals surface area contributed by atoms with Crippen LogP contribution in [-0.4, -0.2) is 11.7 Å². The van der Waals surface area contributed by atoms with E-state index in [2.05, 4.69) is 0 Å². The summed E-state index contributed by atoms with van der Waals surface area (Å²) in [6.45, 7) is 4.45. The van der Waals surface area contributed by atoms with Gasteiger partial charge in [0.2, 0.25) is 0 Å². The van der Waals surface area contributed by atoms with Gasteiger partial charge in [-0.2, -0.15) is 0 Å². The number of anilines is 2. The van der Waals surface area contributed by atoms with Crippen molar-refractivity contribution in [3.63, 3.8) is 0 Å². The van der Waals surface area contributed by atoms with Crippen LogP contribution in [-0.2, 0) is 6.61 Å². The molecule has 0 radical (unpaired) electrons. The largest absolute Gasteiger partial charge is 0.392 e. The number of para-hydroxylation sites is 1. The third kappa shape index (κ3) is 2.76. The topological polar surface area (TPSA) is 23.5 Å². The molecule has 0 bridgehead atoms. The van der Waals surface area contributed by atoms with E-state index >= 15 is 0 Å². The van der Waals surface area contributed by atoms with E-state index in [0.29, 0.717) is 17.8 Å². The first-order valence-corrected chi connectivity index (χ1v) is 6.39. The van der Waals surface area contributed by atoms with Crippen molar-refractivity contribution in [1.29, 1.82) is 0 Å². The smallest absolute Gasteiger partial charge is 0.147 e. The number of rotatable bonds is 4. The summed E-state index contributed by atoms with van der Waals surface area (Å²) in [6.07, 6.45) is 0. The highest BCUT2D eigenvalue weighted by atomic mass is 19.1. The van der Waals surface area contributed by atoms with Gasteiger partial charge in [-0.25, -0.2) is 4.39 Å². The number of aliphatic hydroxyl groups is 1. The SMILES string of the molecule is CCN(c1ccc(C)cc1)c1c(F)cccc1CO. The van der Waals surface area contributed by atoms with Gasteiger partial charge in [0.1, 0.15) is 5.82 Å². The van der Waals surface area contributed by atoms with Gasteiger partial charge < -0.3 is 10.0 Å². The quantitative estimate of drug-likeness (QED) is 0.903. The summed E-state index contributed by atoms with van der Waals surface area (Å²) in [4.78, 5) is 1.88. The maximum atomic E-state index is 14.1. The summed E-state index contributed by atoms with van der Waals surface area (Å²) in [5.74, 6) is -0.311. The zero-order valence-corrected chi connectivity index (χ0v) is 11.2. The van der Waals surface area contributed by atoms with E-state index in [-0.39, 0.29) is 12.4 Å². The monoisotopic (exact) mass is 259 g/mol. The van der Waals surface area contributed by atoms with E-state index in [1.807, 2.05) is 43.0 Å². The fourth-order valence-corrected chi connectivity index (χ4v) is 2.18. The first-order chi connectivity index (χ1) is 9.17. The molecule has 0 aliphatic carbocycles. The Bertz CT molecular complexity index is 551. The summed E-state index contributed by atoms with van der Waals surface area (Å²) < 4.78 is 14.1. The Morgan fingerprint density at radius 1 is 1.11 bits per heavy atom. The lowest BCUT2D eigenvalue weighted by Crippen LogP contribution is -2.19. The Kier molecular flexibility index (Phi) is 4.17. The molecule has 0 saturated heterocycles. The molecule has 2 aromatic rings. The van der Waals surface area contributed by atoms with Crippen molar-refractivity contribution in [2.45, 2.75) is 20.5 Å². The Hall–Kier alpha value is -1.87. The van der Waals surface area contributed by atoms with E-state index in [4.69, 9.17) is 0 Å². The molecule has 0 amide bonds. The minimum atomic E-state index is -0.311. The van der Waals surface area contributed by atoms with E-state index in [1.165, 1.54) is 6.07 Å². The lowest BCUT2D eigenvalue weighted by molar-refractivity contribution is 0.281. The average molecular weight is 259 g/mol. The minimum absolute atomic E-state index is 0.171. The fraction of sp³-hybridized carbons (Fsp3) is 0.250. The molecule has 0 unspecified atom stereocenters. The van der Waals surface area contributed by atoms with Gasteiger partial charge in [0.25, 0.3) is 0 Å². The number of benzene rings is 2. The molecule has 2 aromatic carbocycles. The third-order valence-corrected chi connectivity index (χ3v) is 3.17. The summed E-state index contributed by atoms with van der Waals surface area (Å²) in [6, 6.07) is 12.7. The van der Waals surface area contributed by atoms with Crippen LogP contribution in [0.25, 0.3) is 0 Å². The molecule has 0 atom stereocenters. The molecule has 0 spiro atoms. The van der Waals surface area contributed by atoms with Crippen molar-refractivity contribution in [2.24, 2.45) is 0 Å². The Morgan fingerprint density at radius 2 is 1.79 bits per heavy atom. The molecule has 2 rings (SSSR count). The van der Waals surface area contributed by atoms with E-state index < -0.39 is 0 Å². The summed E-state index contributed by atoms with van der Waals surface area (Å²) in [5.41, 5.74) is 3.14. The van der Waals surface area contributed by atoms with Crippen LogP contribution in [0.1, 0.15) is 18.1 Å². The predicted molar refractivity (Wildman–Crippen MR) is 76.2 cm³/mol. The molecule has 0 aromatic heterocycles. The summed E-state index contributed by atoms with van der Waals surface area (Å²) in [7, 11) is 0. The highest BCUT2D eigenvalue weighted by molar-refractivity contribution is 5.67. The maximum Gasteiger partial charge on any atom is 0.147 e. The van der Waals surface area contributed by atoms with Crippen LogP contribution in [0.15, 0.2) is 42.5 Å². The number of hydrogen-bond donors (Lipinski definition) is 1. The van der Waals surface area contributed by atoms with Gasteiger partial charge in [-0.15, -0.1) is 0 Å². The van der Waals surface area contributed by atoms with Gasteiger partial charge in [0, 0.05) is 17.8 Å². The highest BCUT2D eigenvalue weighted by Gasteiger charge is 2.15. The number of hydrogen-bond acceptors (Lipinski definition) is 2. The highest BCUT2D eigenvalue weighted by Crippen LogP contribution is 2.31. The zero-order chi connectivity index (χ0) is 13.8. The van der Waals surface area contributed by atoms with Crippen molar-refractivity contribution >= 4 is 11.4 Å². The molecule has 0 fully saturated rings. The van der Waals surface area contributed by atoms with E-state index in [9.17, 15) is 9.50 Å². The normalized spacial score (nSPS) is 10.5. The molecule has 0 aliphatic rings. The van der Waals surface area contributed by atoms with Gasteiger partial charge in [0.05, 0.1) is 12.3 Å². The van der Waals surface area contributed by atoms with Crippen LogP contribution in [0.4, 0.5) is 15.8 Å². The second-order valence-corrected chi connectivity index (χ2v) is 4.49. The number of aliphatic hydroxyl groups excluding tert-OH is 1. The van der Waals surface area contributed by atoms with Crippen LogP contribution in [0, 0.1) is 12.7 Å². The zero-order valence-electron chi connectivity index (χ0n) is 11.2. The van der Waals surface area contributed by atoms with Crippen LogP contribution < -0.4 is 4.90 Å². The molecule has 0 aliphatic heterocycles. The number of nitrogens with zero attached hydrogens (tertiary/aromatic N) is 1. The van der Waals surface area contributed by atoms with Crippen LogP contribution in [0.2, 0.25) is 0 Å². The van der Waals surface area contributed by atoms with Crippen molar-refractivity contribution in [2.75, 3.05) is 11.4 Å². The first-order valence-electron chi connectivity index (χ1n) is 6.39. The molecular formula is C16H18FNO. The Balaban J connectivity index is 2.50. The van der Waals surface area contributed by atoms with E-state index in [0.717, 1.165) is 11.3 Å². The summed E-state index contributed by atoms with van der Waals surface area (Å²) >= 11 is 0. The standard InChI is InChI=1S/C16H18FNO/c1-3-18(14-9-7-12(2)8-10-14)16-13(11-19)5-4-6-15(16)17/h4-10,19H,3,11H2,1-2H3. The molecule has 1 N–H and O–H groups in total. The summed E-state index contributed by atoms with van der Waals surface area (Å²) in [5, 5.41) is 9.38. The minimum Gasteiger partial charge on any atom is -0.392 e. The first kappa shape index (κ1) is 13.6. The predicted octanol–water partition coefficient (Wildman–Crippen LogP) is 3.78. The van der Waals surface area contributed by atoms with Crippen LogP contribution in [0.3, 0.4) is 0 Å². The van der Waals surface area contributed by atoms with Gasteiger partial charge in [-0.1, -0.05) is 29.8 Å². The van der Waals surface area contributed by atoms with Gasteiger partial charge >= 0.3 is 0 Å². The second kappa shape index (κ2) is 5.85. The van der Waals surface area contributed by atoms with Crippen molar-refractivity contribution in [3.8, 4) is 0 Å². The lowest BCUT2D eigenvalue weighted by Gasteiger charge is -2.26. The molecule has 0 heterocycles. The molecule has 3 heteroatoms. The van der Waals surface area contributed by atoms with Gasteiger partial charge in [-0.05, 0) is 32.0 Å². The molecule has 2 nitrogen and oxygen atoms in total. The van der Waals surface area contributed by atoms with Crippen molar-refractivity contribution in [3.05, 3.63) is 59.4 Å². The Morgan fingerprint density at radius 3 is 2.37 bits per heavy atom. The van der Waals surface area contributed by atoms with Gasteiger partial charge in [0.15, 0.2) is 0 Å². The molecular weight excluding hydrogens is 241 g/mol. The second-order valence-electron chi connectivity index (χ2n) is 4.49. The average Bonchev–Trinajstić information content (AvgIpc) is 2.43. The van der Waals surface area contributed by atoms with E-state index in [1.54, 1.807) is 12.1 Å². The molecule has 100 valence electrons. The maximum absolute atomic E-state index is 14.1. The lowest BCUT2D eigenvalue weighted by atomic mass is 10.1. The Labute approximate surface area is 113 Å². The van der Waals surface area contributed by atoms with Gasteiger partial charge in [-0.3, -0.25) is 0 Å². The number of aryl methyl sites for hydroxylation is 1. The number of halogens is 1. The molecule has 0 saturated carbocycles. The van der Waals surface area contributed by atoms with Crippen molar-refractivity contribution in [1.82, 2.24) is 0 Å².